The maximum atomic E-state index is 9.15. The number of anilines is 1. The predicted octanol–water partition coefficient (Wildman–Crippen LogP) is 3.80. The van der Waals surface area contributed by atoms with Gasteiger partial charge in [-0.15, -0.1) is 0 Å². The van der Waals surface area contributed by atoms with Crippen molar-refractivity contribution in [1.29, 1.82) is 0 Å². The predicted molar refractivity (Wildman–Crippen MR) is 111 cm³/mol. The maximum Gasteiger partial charge on any atom is 0.161 e. The number of aliphatic hydroxyl groups is 1. The molecule has 0 saturated carbocycles. The average molecular weight is 389 g/mol. The van der Waals surface area contributed by atoms with Crippen LogP contribution in [0.3, 0.4) is 0 Å². The fraction of sp³-hybridized carbons (Fsp3) is 0.217. The van der Waals surface area contributed by atoms with Gasteiger partial charge < -0.3 is 20.4 Å². The van der Waals surface area contributed by atoms with Crippen molar-refractivity contribution in [2.75, 3.05) is 5.73 Å². The first-order valence-electron chi connectivity index (χ1n) is 9.54. The summed E-state index contributed by atoms with van der Waals surface area (Å²) in [5.74, 6) is 1.21. The van der Waals surface area contributed by atoms with E-state index in [0.29, 0.717) is 31.0 Å². The molecule has 1 aliphatic rings. The normalized spacial score (nSPS) is 15.6. The van der Waals surface area contributed by atoms with Crippen LogP contribution in [0.15, 0.2) is 71.9 Å². The zero-order valence-corrected chi connectivity index (χ0v) is 16.0. The molecule has 0 amide bonds. The molecule has 2 heterocycles. The van der Waals surface area contributed by atoms with E-state index in [0.717, 1.165) is 28.2 Å². The van der Waals surface area contributed by atoms with Gasteiger partial charge in [0.25, 0.3) is 0 Å². The van der Waals surface area contributed by atoms with Crippen LogP contribution < -0.4 is 10.5 Å². The summed E-state index contributed by atoms with van der Waals surface area (Å²) in [6, 6.07) is 21.7. The van der Waals surface area contributed by atoms with Crippen molar-refractivity contribution < 1.29 is 14.7 Å². The van der Waals surface area contributed by atoms with E-state index in [-0.39, 0.29) is 12.7 Å². The van der Waals surface area contributed by atoms with E-state index in [1.165, 1.54) is 0 Å². The van der Waals surface area contributed by atoms with Crippen molar-refractivity contribution in [3.05, 3.63) is 89.1 Å². The Morgan fingerprint density at radius 3 is 2.52 bits per heavy atom. The van der Waals surface area contributed by atoms with Crippen LogP contribution >= 0.6 is 0 Å². The molecule has 29 heavy (non-hydrogen) atoms. The van der Waals surface area contributed by atoms with E-state index < -0.39 is 0 Å². The lowest BCUT2D eigenvalue weighted by atomic mass is 10.0. The largest absolute Gasteiger partial charge is 0.489 e. The van der Waals surface area contributed by atoms with Crippen molar-refractivity contribution in [1.82, 2.24) is 4.98 Å². The number of nitrogen functional groups attached to an aromatic ring is 1. The summed E-state index contributed by atoms with van der Waals surface area (Å²) in [7, 11) is 0. The summed E-state index contributed by atoms with van der Waals surface area (Å²) in [6.07, 6.45) is 1.13. The van der Waals surface area contributed by atoms with Crippen LogP contribution in [-0.4, -0.2) is 15.8 Å². The molecule has 3 aromatic rings. The van der Waals surface area contributed by atoms with E-state index in [4.69, 9.17) is 20.4 Å². The van der Waals surface area contributed by atoms with E-state index in [2.05, 4.69) is 10.1 Å². The second kappa shape index (κ2) is 8.75. The number of ether oxygens (including phenoxy) is 1. The molecule has 6 nitrogen and oxygen atoms in total. The lowest BCUT2D eigenvalue weighted by molar-refractivity contribution is 0.0860. The molecule has 148 valence electrons. The molecule has 2 aromatic carbocycles. The Kier molecular flexibility index (Phi) is 5.72. The smallest absolute Gasteiger partial charge is 0.161 e. The highest BCUT2D eigenvalue weighted by Crippen LogP contribution is 2.31. The summed E-state index contributed by atoms with van der Waals surface area (Å²) in [5.41, 5.74) is 10.6. The Bertz CT molecular complexity index is 988. The number of nitrogens with zero attached hydrogens (tertiary/aromatic N) is 2. The lowest BCUT2D eigenvalue weighted by Crippen LogP contribution is -2.08. The third-order valence-corrected chi connectivity index (χ3v) is 4.83. The zero-order valence-electron chi connectivity index (χ0n) is 16.0. The van der Waals surface area contributed by atoms with E-state index in [1.54, 1.807) is 6.07 Å². The molecule has 6 heteroatoms. The van der Waals surface area contributed by atoms with Gasteiger partial charge in [-0.25, -0.2) is 4.98 Å². The molecule has 0 spiro atoms. The van der Waals surface area contributed by atoms with Gasteiger partial charge in [0, 0.05) is 18.4 Å². The molecule has 1 atom stereocenters. The van der Waals surface area contributed by atoms with E-state index in [1.807, 2.05) is 60.7 Å². The second-order valence-electron chi connectivity index (χ2n) is 6.99. The SMILES string of the molecule is Nc1nc(CO)ccc1C1CC(Cc2ccc(OCc3ccccc3)cc2)=NO1. The van der Waals surface area contributed by atoms with Crippen molar-refractivity contribution in [2.24, 2.45) is 5.16 Å². The topological polar surface area (TPSA) is 90.0 Å². The monoisotopic (exact) mass is 389 g/mol. The molecule has 0 bridgehead atoms. The van der Waals surface area contributed by atoms with Gasteiger partial charge in [0.15, 0.2) is 6.10 Å². The molecule has 1 aliphatic heterocycles. The van der Waals surface area contributed by atoms with Gasteiger partial charge in [0.05, 0.1) is 18.0 Å². The third kappa shape index (κ3) is 4.73. The number of aliphatic hydroxyl groups excluding tert-OH is 1. The molecule has 0 fully saturated rings. The van der Waals surface area contributed by atoms with E-state index in [9.17, 15) is 0 Å². The van der Waals surface area contributed by atoms with Crippen molar-refractivity contribution in [2.45, 2.75) is 32.2 Å². The highest BCUT2D eigenvalue weighted by atomic mass is 16.6. The van der Waals surface area contributed by atoms with Crippen LogP contribution in [0, 0.1) is 0 Å². The van der Waals surface area contributed by atoms with Gasteiger partial charge in [-0.3, -0.25) is 0 Å². The molecule has 0 aliphatic carbocycles. The Morgan fingerprint density at radius 1 is 1.00 bits per heavy atom. The van der Waals surface area contributed by atoms with Gasteiger partial charge >= 0.3 is 0 Å². The fourth-order valence-electron chi connectivity index (χ4n) is 3.27. The average Bonchev–Trinajstić information content (AvgIpc) is 3.22. The van der Waals surface area contributed by atoms with Crippen molar-refractivity contribution in [3.63, 3.8) is 0 Å². The van der Waals surface area contributed by atoms with E-state index >= 15 is 0 Å². The number of aromatic nitrogens is 1. The minimum Gasteiger partial charge on any atom is -0.489 e. The number of oxime groups is 1. The number of hydrogen-bond acceptors (Lipinski definition) is 6. The molecular formula is C23H23N3O3. The third-order valence-electron chi connectivity index (χ3n) is 4.83. The van der Waals surface area contributed by atoms with Crippen LogP contribution in [0.5, 0.6) is 5.75 Å². The first kappa shape index (κ1) is 19.0. The lowest BCUT2D eigenvalue weighted by Gasteiger charge is -2.11. The van der Waals surface area contributed by atoms with Crippen molar-refractivity contribution in [3.8, 4) is 5.75 Å². The van der Waals surface area contributed by atoms with Crippen LogP contribution in [0.25, 0.3) is 0 Å². The molecule has 1 unspecified atom stereocenters. The summed E-state index contributed by atoms with van der Waals surface area (Å²) >= 11 is 0. The van der Waals surface area contributed by atoms with Crippen LogP contribution in [0.4, 0.5) is 5.82 Å². The van der Waals surface area contributed by atoms with Gasteiger partial charge in [0.2, 0.25) is 0 Å². The summed E-state index contributed by atoms with van der Waals surface area (Å²) < 4.78 is 5.83. The molecule has 0 saturated heterocycles. The fourth-order valence-corrected chi connectivity index (χ4v) is 3.27. The number of hydrogen-bond donors (Lipinski definition) is 2. The second-order valence-corrected chi connectivity index (χ2v) is 6.99. The number of rotatable bonds is 7. The molecule has 1 aromatic heterocycles. The van der Waals surface area contributed by atoms with Crippen LogP contribution in [-0.2, 0) is 24.5 Å². The molecule has 3 N–H and O–H groups in total. The Hall–Kier alpha value is -3.38. The number of pyridine rings is 1. The minimum absolute atomic E-state index is 0.136. The highest BCUT2D eigenvalue weighted by Gasteiger charge is 2.25. The van der Waals surface area contributed by atoms with Crippen LogP contribution in [0.1, 0.15) is 34.9 Å². The Balaban J connectivity index is 1.32. The van der Waals surface area contributed by atoms with Crippen LogP contribution in [0.2, 0.25) is 0 Å². The molecule has 0 radical (unpaired) electrons. The van der Waals surface area contributed by atoms with Gasteiger partial charge in [-0.1, -0.05) is 47.6 Å². The molecule has 4 rings (SSSR count). The highest BCUT2D eigenvalue weighted by molar-refractivity contribution is 5.87. The maximum absolute atomic E-state index is 9.15. The first-order valence-corrected chi connectivity index (χ1v) is 9.54. The minimum atomic E-state index is -0.237. The Morgan fingerprint density at radius 2 is 1.79 bits per heavy atom. The van der Waals surface area contributed by atoms with Gasteiger partial charge in [-0.05, 0) is 35.4 Å². The Labute approximate surface area is 169 Å². The summed E-state index contributed by atoms with van der Waals surface area (Å²) in [6.45, 7) is 0.412. The summed E-state index contributed by atoms with van der Waals surface area (Å²) in [4.78, 5) is 9.75. The number of benzene rings is 2. The number of nitrogens with two attached hydrogens (primary N) is 1. The van der Waals surface area contributed by atoms with Gasteiger partial charge in [0.1, 0.15) is 18.2 Å². The summed E-state index contributed by atoms with van der Waals surface area (Å²) in [5, 5.41) is 13.4. The quantitative estimate of drug-likeness (QED) is 0.642. The molecular weight excluding hydrogens is 366 g/mol. The van der Waals surface area contributed by atoms with Gasteiger partial charge in [-0.2, -0.15) is 0 Å². The zero-order chi connectivity index (χ0) is 20.1. The van der Waals surface area contributed by atoms with Crippen molar-refractivity contribution >= 4 is 11.5 Å². The standard InChI is InChI=1S/C23H23N3O3/c24-23-21(11-8-18(14-27)25-23)22-13-19(26-29-22)12-16-6-9-20(10-7-16)28-15-17-4-2-1-3-5-17/h1-11,22,27H,12-15H2,(H2,24,25). The first-order chi connectivity index (χ1) is 14.2.